The first-order valence-corrected chi connectivity index (χ1v) is 5.94. The van der Waals surface area contributed by atoms with Gasteiger partial charge in [-0.25, -0.2) is 4.39 Å². The zero-order valence-electron chi connectivity index (χ0n) is 10.3. The van der Waals surface area contributed by atoms with Crippen molar-refractivity contribution in [1.29, 1.82) is 5.26 Å². The summed E-state index contributed by atoms with van der Waals surface area (Å²) in [5.41, 5.74) is 0.0102. The highest BCUT2D eigenvalue weighted by Crippen LogP contribution is 2.47. The van der Waals surface area contributed by atoms with Crippen LogP contribution in [0.15, 0.2) is 24.3 Å². The summed E-state index contributed by atoms with van der Waals surface area (Å²) in [6.07, 6.45) is 2.86. The Kier molecular flexibility index (Phi) is 2.82. The number of benzene rings is 1. The Morgan fingerprint density at radius 2 is 2.12 bits per heavy atom. The van der Waals surface area contributed by atoms with Gasteiger partial charge in [0.1, 0.15) is 11.4 Å². The highest BCUT2D eigenvalue weighted by atomic mass is 19.1. The van der Waals surface area contributed by atoms with Crippen LogP contribution in [0.4, 0.5) is 10.1 Å². The van der Waals surface area contributed by atoms with Gasteiger partial charge in [-0.3, -0.25) is 0 Å². The second-order valence-electron chi connectivity index (χ2n) is 5.39. The van der Waals surface area contributed by atoms with Crippen molar-refractivity contribution >= 4 is 5.69 Å². The minimum absolute atomic E-state index is 0.0892. The van der Waals surface area contributed by atoms with Gasteiger partial charge in [0.05, 0.1) is 6.07 Å². The number of nitrogens with one attached hydrogen (secondary N) is 1. The van der Waals surface area contributed by atoms with E-state index in [2.05, 4.69) is 25.2 Å². The zero-order chi connectivity index (χ0) is 12.5. The van der Waals surface area contributed by atoms with Gasteiger partial charge in [-0.1, -0.05) is 19.9 Å². The summed E-state index contributed by atoms with van der Waals surface area (Å²) in [6.45, 7) is 4.19. The Labute approximate surface area is 101 Å². The highest BCUT2D eigenvalue weighted by molar-refractivity contribution is 5.49. The van der Waals surface area contributed by atoms with Crippen molar-refractivity contribution in [2.75, 3.05) is 5.32 Å². The third-order valence-electron chi connectivity index (χ3n) is 3.88. The number of hydrogen-bond acceptors (Lipinski definition) is 2. The van der Waals surface area contributed by atoms with Crippen LogP contribution in [0.5, 0.6) is 0 Å². The van der Waals surface area contributed by atoms with Crippen LogP contribution in [0, 0.1) is 22.6 Å². The van der Waals surface area contributed by atoms with Gasteiger partial charge in [0.15, 0.2) is 0 Å². The van der Waals surface area contributed by atoms with Crippen LogP contribution in [-0.2, 0) is 0 Å². The maximum absolute atomic E-state index is 13.1. The summed E-state index contributed by atoms with van der Waals surface area (Å²) in [5.74, 6) is -0.279. The van der Waals surface area contributed by atoms with Crippen molar-refractivity contribution in [3.8, 4) is 6.07 Å². The lowest BCUT2D eigenvalue weighted by molar-refractivity contribution is 0.290. The average molecular weight is 232 g/mol. The number of nitrogens with zero attached hydrogens (tertiary/aromatic N) is 1. The molecule has 17 heavy (non-hydrogen) atoms. The summed E-state index contributed by atoms with van der Waals surface area (Å²) in [7, 11) is 0. The molecule has 0 aliphatic heterocycles. The van der Waals surface area contributed by atoms with E-state index >= 15 is 0 Å². The van der Waals surface area contributed by atoms with E-state index in [9.17, 15) is 9.65 Å². The van der Waals surface area contributed by atoms with Crippen LogP contribution in [0.3, 0.4) is 0 Å². The van der Waals surface area contributed by atoms with Crippen LogP contribution in [0.2, 0.25) is 0 Å². The first kappa shape index (κ1) is 11.9. The van der Waals surface area contributed by atoms with Crippen molar-refractivity contribution in [2.24, 2.45) is 5.41 Å². The Balaban J connectivity index is 2.30. The summed E-state index contributed by atoms with van der Waals surface area (Å²) >= 11 is 0. The smallest absolute Gasteiger partial charge is 0.130 e. The standard InChI is InChI=1S/C14H17FN2/c1-13(2)7-4-8-14(13,10-16)17-12-6-3-5-11(15)9-12/h3,5-6,9,17H,4,7-8H2,1-2H3. The van der Waals surface area contributed by atoms with Crippen molar-refractivity contribution < 1.29 is 4.39 Å². The van der Waals surface area contributed by atoms with Crippen LogP contribution in [0.25, 0.3) is 0 Å². The predicted octanol–water partition coefficient (Wildman–Crippen LogP) is 3.71. The molecule has 1 aliphatic carbocycles. The highest BCUT2D eigenvalue weighted by Gasteiger charge is 2.49. The van der Waals surface area contributed by atoms with E-state index < -0.39 is 5.54 Å². The molecule has 1 aromatic rings. The molecule has 0 amide bonds. The van der Waals surface area contributed by atoms with Gasteiger partial charge in [-0.05, 0) is 37.5 Å². The molecule has 0 aromatic heterocycles. The quantitative estimate of drug-likeness (QED) is 0.843. The monoisotopic (exact) mass is 232 g/mol. The summed E-state index contributed by atoms with van der Waals surface area (Å²) < 4.78 is 13.1. The number of rotatable bonds is 2. The molecular formula is C14H17FN2. The van der Waals surface area contributed by atoms with Gasteiger partial charge in [-0.2, -0.15) is 5.26 Å². The largest absolute Gasteiger partial charge is 0.367 e. The van der Waals surface area contributed by atoms with E-state index in [1.807, 2.05) is 0 Å². The molecule has 3 heteroatoms. The molecule has 1 fully saturated rings. The molecule has 0 radical (unpaired) electrons. The molecule has 1 saturated carbocycles. The fraction of sp³-hybridized carbons (Fsp3) is 0.500. The van der Waals surface area contributed by atoms with E-state index in [1.165, 1.54) is 12.1 Å². The third-order valence-corrected chi connectivity index (χ3v) is 3.88. The topological polar surface area (TPSA) is 35.8 Å². The van der Waals surface area contributed by atoms with Gasteiger partial charge in [0.2, 0.25) is 0 Å². The zero-order valence-corrected chi connectivity index (χ0v) is 10.3. The number of anilines is 1. The SMILES string of the molecule is CC1(C)CCCC1(C#N)Nc1cccc(F)c1. The second kappa shape index (κ2) is 4.03. The number of halogens is 1. The van der Waals surface area contributed by atoms with E-state index in [-0.39, 0.29) is 11.2 Å². The van der Waals surface area contributed by atoms with Crippen LogP contribution >= 0.6 is 0 Å². The lowest BCUT2D eigenvalue weighted by atomic mass is 9.75. The van der Waals surface area contributed by atoms with E-state index in [4.69, 9.17) is 0 Å². The maximum Gasteiger partial charge on any atom is 0.130 e. The molecule has 1 N–H and O–H groups in total. The van der Waals surface area contributed by atoms with Gasteiger partial charge < -0.3 is 5.32 Å². The van der Waals surface area contributed by atoms with Crippen molar-refractivity contribution in [2.45, 2.75) is 38.6 Å². The minimum Gasteiger partial charge on any atom is -0.367 e. The van der Waals surface area contributed by atoms with Crippen LogP contribution < -0.4 is 5.32 Å². The molecule has 2 rings (SSSR count). The Morgan fingerprint density at radius 3 is 2.65 bits per heavy atom. The van der Waals surface area contributed by atoms with Gasteiger partial charge in [0, 0.05) is 11.1 Å². The van der Waals surface area contributed by atoms with Crippen molar-refractivity contribution in [3.05, 3.63) is 30.1 Å². The molecule has 2 nitrogen and oxygen atoms in total. The fourth-order valence-electron chi connectivity index (χ4n) is 2.63. The molecule has 0 saturated heterocycles. The van der Waals surface area contributed by atoms with Gasteiger partial charge >= 0.3 is 0 Å². The molecular weight excluding hydrogens is 215 g/mol. The molecule has 0 spiro atoms. The molecule has 0 heterocycles. The first-order valence-electron chi connectivity index (χ1n) is 5.94. The van der Waals surface area contributed by atoms with Crippen molar-refractivity contribution in [3.63, 3.8) is 0 Å². The Morgan fingerprint density at radius 1 is 1.35 bits per heavy atom. The number of nitriles is 1. The van der Waals surface area contributed by atoms with Gasteiger partial charge in [-0.15, -0.1) is 0 Å². The van der Waals surface area contributed by atoms with Crippen LogP contribution in [0.1, 0.15) is 33.1 Å². The molecule has 1 aromatic carbocycles. The van der Waals surface area contributed by atoms with Crippen LogP contribution in [-0.4, -0.2) is 5.54 Å². The van der Waals surface area contributed by atoms with E-state index in [1.54, 1.807) is 12.1 Å². The lowest BCUT2D eigenvalue weighted by Gasteiger charge is -2.37. The van der Waals surface area contributed by atoms with Crippen molar-refractivity contribution in [1.82, 2.24) is 0 Å². The Bertz CT molecular complexity index is 462. The van der Waals surface area contributed by atoms with Gasteiger partial charge in [0.25, 0.3) is 0 Å². The summed E-state index contributed by atoms with van der Waals surface area (Å²) in [4.78, 5) is 0. The average Bonchev–Trinajstić information content (AvgIpc) is 2.55. The van der Waals surface area contributed by atoms with E-state index in [0.29, 0.717) is 5.69 Å². The first-order chi connectivity index (χ1) is 7.99. The van der Waals surface area contributed by atoms with E-state index in [0.717, 1.165) is 19.3 Å². The minimum atomic E-state index is -0.583. The Hall–Kier alpha value is -1.56. The molecule has 1 unspecified atom stereocenters. The molecule has 90 valence electrons. The molecule has 0 bridgehead atoms. The normalized spacial score (nSPS) is 26.5. The third kappa shape index (κ3) is 2.00. The summed E-state index contributed by atoms with van der Waals surface area (Å²) in [6, 6.07) is 8.71. The molecule has 1 aliphatic rings. The summed E-state index contributed by atoms with van der Waals surface area (Å²) in [5, 5.41) is 12.7. The lowest BCUT2D eigenvalue weighted by Crippen LogP contribution is -2.45. The second-order valence-corrected chi connectivity index (χ2v) is 5.39. The predicted molar refractivity (Wildman–Crippen MR) is 66.0 cm³/mol. The maximum atomic E-state index is 13.1. The number of hydrogen-bond donors (Lipinski definition) is 1. The fourth-order valence-corrected chi connectivity index (χ4v) is 2.63. The molecule has 1 atom stereocenters.